The number of piperazine rings is 1. The standard InChI is InChI=1S/C21H28N2O/c1-22-13-15-23(16-14-22)12-6-9-20-17-19(10-11-21(20)24-2)18-7-4-3-5-8-18/h3-5,7-8,10-11,17H,6,9,12-16H2,1-2H3. The molecule has 2 aromatic carbocycles. The summed E-state index contributed by atoms with van der Waals surface area (Å²) in [6, 6.07) is 17.1. The van der Waals surface area contributed by atoms with Crippen LogP contribution in [0.5, 0.6) is 5.75 Å². The Bertz CT molecular complexity index is 634. The maximum Gasteiger partial charge on any atom is 0.122 e. The van der Waals surface area contributed by atoms with Crippen LogP contribution in [0.2, 0.25) is 0 Å². The summed E-state index contributed by atoms with van der Waals surface area (Å²) < 4.78 is 5.57. The molecule has 0 atom stereocenters. The van der Waals surface area contributed by atoms with Gasteiger partial charge < -0.3 is 14.5 Å². The molecule has 3 rings (SSSR count). The van der Waals surface area contributed by atoms with Gasteiger partial charge in [-0.2, -0.15) is 0 Å². The highest BCUT2D eigenvalue weighted by Gasteiger charge is 2.13. The van der Waals surface area contributed by atoms with E-state index in [4.69, 9.17) is 4.74 Å². The topological polar surface area (TPSA) is 15.7 Å². The van der Waals surface area contributed by atoms with Crippen molar-refractivity contribution in [3.8, 4) is 16.9 Å². The fourth-order valence-corrected chi connectivity index (χ4v) is 3.35. The van der Waals surface area contributed by atoms with E-state index in [-0.39, 0.29) is 0 Å². The highest BCUT2D eigenvalue weighted by molar-refractivity contribution is 5.65. The molecule has 24 heavy (non-hydrogen) atoms. The minimum atomic E-state index is 1.01. The smallest absolute Gasteiger partial charge is 0.122 e. The van der Waals surface area contributed by atoms with Crippen molar-refractivity contribution in [3.05, 3.63) is 54.1 Å². The number of methoxy groups -OCH3 is 1. The van der Waals surface area contributed by atoms with Crippen LogP contribution in [0, 0.1) is 0 Å². The van der Waals surface area contributed by atoms with Gasteiger partial charge in [0.05, 0.1) is 7.11 Å². The first-order valence-electron chi connectivity index (χ1n) is 8.89. The molecule has 0 aliphatic carbocycles. The van der Waals surface area contributed by atoms with Gasteiger partial charge >= 0.3 is 0 Å². The van der Waals surface area contributed by atoms with Gasteiger partial charge in [-0.25, -0.2) is 0 Å². The van der Waals surface area contributed by atoms with E-state index < -0.39 is 0 Å². The van der Waals surface area contributed by atoms with Crippen molar-refractivity contribution in [2.24, 2.45) is 0 Å². The Hall–Kier alpha value is -1.84. The molecular weight excluding hydrogens is 296 g/mol. The Kier molecular flexibility index (Phi) is 5.89. The number of aryl methyl sites for hydroxylation is 1. The van der Waals surface area contributed by atoms with Crippen LogP contribution in [-0.4, -0.2) is 56.7 Å². The van der Waals surface area contributed by atoms with Gasteiger partial charge in [-0.05, 0) is 55.3 Å². The minimum Gasteiger partial charge on any atom is -0.496 e. The molecule has 0 N–H and O–H groups in total. The fourth-order valence-electron chi connectivity index (χ4n) is 3.35. The molecule has 0 bridgehead atoms. The highest BCUT2D eigenvalue weighted by atomic mass is 16.5. The molecule has 0 aromatic heterocycles. The van der Waals surface area contributed by atoms with Crippen molar-refractivity contribution < 1.29 is 4.74 Å². The van der Waals surface area contributed by atoms with Gasteiger partial charge in [0, 0.05) is 26.2 Å². The molecule has 1 heterocycles. The first-order chi connectivity index (χ1) is 11.8. The first-order valence-corrected chi connectivity index (χ1v) is 8.89. The molecule has 3 nitrogen and oxygen atoms in total. The number of ether oxygens (including phenoxy) is 1. The van der Waals surface area contributed by atoms with Crippen molar-refractivity contribution >= 4 is 0 Å². The van der Waals surface area contributed by atoms with Gasteiger partial charge in [-0.15, -0.1) is 0 Å². The lowest BCUT2D eigenvalue weighted by Crippen LogP contribution is -2.44. The van der Waals surface area contributed by atoms with Crippen LogP contribution in [0.15, 0.2) is 48.5 Å². The van der Waals surface area contributed by atoms with E-state index in [1.807, 2.05) is 0 Å². The second-order valence-electron chi connectivity index (χ2n) is 6.64. The number of rotatable bonds is 6. The fraction of sp³-hybridized carbons (Fsp3) is 0.429. The van der Waals surface area contributed by atoms with Crippen LogP contribution in [0.3, 0.4) is 0 Å². The third-order valence-corrected chi connectivity index (χ3v) is 4.90. The van der Waals surface area contributed by atoms with Crippen molar-refractivity contribution in [1.82, 2.24) is 9.80 Å². The Balaban J connectivity index is 1.63. The van der Waals surface area contributed by atoms with Gasteiger partial charge in [0.15, 0.2) is 0 Å². The number of nitrogens with zero attached hydrogens (tertiary/aromatic N) is 2. The predicted octanol–water partition coefficient (Wildman–Crippen LogP) is 3.54. The molecule has 3 heteroatoms. The van der Waals surface area contributed by atoms with Crippen molar-refractivity contribution in [3.63, 3.8) is 0 Å². The predicted molar refractivity (Wildman–Crippen MR) is 101 cm³/mol. The average molecular weight is 324 g/mol. The number of likely N-dealkylation sites (N-methyl/N-ethyl adjacent to an activating group) is 1. The average Bonchev–Trinajstić information content (AvgIpc) is 2.64. The molecule has 1 saturated heterocycles. The number of benzene rings is 2. The molecule has 0 spiro atoms. The van der Waals surface area contributed by atoms with E-state index in [1.54, 1.807) is 7.11 Å². The quantitative estimate of drug-likeness (QED) is 0.808. The van der Waals surface area contributed by atoms with Crippen LogP contribution in [0.1, 0.15) is 12.0 Å². The third-order valence-electron chi connectivity index (χ3n) is 4.90. The zero-order valence-electron chi connectivity index (χ0n) is 14.9. The van der Waals surface area contributed by atoms with Crippen LogP contribution in [-0.2, 0) is 6.42 Å². The van der Waals surface area contributed by atoms with Crippen LogP contribution >= 0.6 is 0 Å². The molecule has 128 valence electrons. The Morgan fingerprint density at radius 1 is 0.917 bits per heavy atom. The van der Waals surface area contributed by atoms with E-state index in [0.29, 0.717) is 0 Å². The number of hydrogen-bond donors (Lipinski definition) is 0. The van der Waals surface area contributed by atoms with E-state index >= 15 is 0 Å². The molecule has 1 aliphatic rings. The lowest BCUT2D eigenvalue weighted by atomic mass is 10.00. The SMILES string of the molecule is COc1ccc(-c2ccccc2)cc1CCCN1CCN(C)CC1. The molecule has 0 saturated carbocycles. The van der Waals surface area contributed by atoms with Gasteiger partial charge in [0.1, 0.15) is 5.75 Å². The van der Waals surface area contributed by atoms with E-state index in [0.717, 1.165) is 12.2 Å². The molecule has 0 amide bonds. The molecule has 1 aliphatic heterocycles. The molecule has 1 fully saturated rings. The second kappa shape index (κ2) is 8.32. The monoisotopic (exact) mass is 324 g/mol. The Labute approximate surface area is 145 Å². The third kappa shape index (κ3) is 4.37. The van der Waals surface area contributed by atoms with Crippen LogP contribution < -0.4 is 4.74 Å². The van der Waals surface area contributed by atoms with Crippen molar-refractivity contribution in [2.45, 2.75) is 12.8 Å². The minimum absolute atomic E-state index is 1.01. The summed E-state index contributed by atoms with van der Waals surface area (Å²) in [4.78, 5) is 4.98. The maximum absolute atomic E-state index is 5.57. The lowest BCUT2D eigenvalue weighted by molar-refractivity contribution is 0.153. The normalized spacial score (nSPS) is 16.2. The second-order valence-corrected chi connectivity index (χ2v) is 6.64. The summed E-state index contributed by atoms with van der Waals surface area (Å²) in [6.07, 6.45) is 2.24. The summed E-state index contributed by atoms with van der Waals surface area (Å²) in [6.45, 7) is 5.93. The van der Waals surface area contributed by atoms with E-state index in [1.165, 1.54) is 55.8 Å². The molecule has 0 unspecified atom stereocenters. The Morgan fingerprint density at radius 3 is 2.38 bits per heavy atom. The lowest BCUT2D eigenvalue weighted by Gasteiger charge is -2.32. The molecular formula is C21H28N2O. The summed E-state index contributed by atoms with van der Waals surface area (Å²) in [5.41, 5.74) is 3.85. The van der Waals surface area contributed by atoms with E-state index in [9.17, 15) is 0 Å². The molecule has 0 radical (unpaired) electrons. The largest absolute Gasteiger partial charge is 0.496 e. The molecule has 2 aromatic rings. The van der Waals surface area contributed by atoms with Gasteiger partial charge in [-0.1, -0.05) is 36.4 Å². The first kappa shape index (κ1) is 17.0. The summed E-state index contributed by atoms with van der Waals surface area (Å²) in [5, 5.41) is 0. The van der Waals surface area contributed by atoms with Crippen LogP contribution in [0.4, 0.5) is 0 Å². The zero-order valence-corrected chi connectivity index (χ0v) is 14.9. The van der Waals surface area contributed by atoms with Gasteiger partial charge in [0.2, 0.25) is 0 Å². The summed E-state index contributed by atoms with van der Waals surface area (Å²) in [7, 11) is 3.97. The van der Waals surface area contributed by atoms with Gasteiger partial charge in [0.25, 0.3) is 0 Å². The zero-order chi connectivity index (χ0) is 16.8. The Morgan fingerprint density at radius 2 is 1.67 bits per heavy atom. The summed E-state index contributed by atoms with van der Waals surface area (Å²) in [5.74, 6) is 1.01. The van der Waals surface area contributed by atoms with Crippen LogP contribution in [0.25, 0.3) is 11.1 Å². The van der Waals surface area contributed by atoms with Crippen molar-refractivity contribution in [2.75, 3.05) is 46.9 Å². The van der Waals surface area contributed by atoms with Crippen molar-refractivity contribution in [1.29, 1.82) is 0 Å². The van der Waals surface area contributed by atoms with E-state index in [2.05, 4.69) is 65.4 Å². The summed E-state index contributed by atoms with van der Waals surface area (Å²) >= 11 is 0. The number of hydrogen-bond acceptors (Lipinski definition) is 3. The maximum atomic E-state index is 5.57. The highest BCUT2D eigenvalue weighted by Crippen LogP contribution is 2.27. The van der Waals surface area contributed by atoms with Gasteiger partial charge in [-0.3, -0.25) is 0 Å².